The Hall–Kier alpha value is -0.0800. The lowest BCUT2D eigenvalue weighted by Gasteiger charge is -2.31. The molecule has 0 aromatic heterocycles. The first-order valence-corrected chi connectivity index (χ1v) is 8.12. The molecule has 2 heteroatoms. The third kappa shape index (κ3) is 7.38. The monoisotopic (exact) mass is 253 g/mol. The van der Waals surface area contributed by atoms with Crippen molar-refractivity contribution >= 4 is 0 Å². The van der Waals surface area contributed by atoms with Crippen molar-refractivity contribution in [1.29, 1.82) is 0 Å². The fourth-order valence-corrected chi connectivity index (χ4v) is 2.73. The maximum Gasteiger partial charge on any atom is 0.0193 e. The summed E-state index contributed by atoms with van der Waals surface area (Å²) in [6.07, 6.45) is 13.3. The molecule has 0 aromatic rings. The molecule has 2 atom stereocenters. The Morgan fingerprint density at radius 2 is 1.39 bits per heavy atom. The van der Waals surface area contributed by atoms with Crippen LogP contribution in [0.4, 0.5) is 0 Å². The summed E-state index contributed by atoms with van der Waals surface area (Å²) in [5.41, 5.74) is 0. The predicted octanol–water partition coefficient (Wildman–Crippen LogP) is 3.67. The minimum Gasteiger partial charge on any atom is -0.311 e. The van der Waals surface area contributed by atoms with E-state index < -0.39 is 0 Å². The highest BCUT2D eigenvalue weighted by atomic mass is 15.1. The van der Waals surface area contributed by atoms with Crippen LogP contribution in [-0.2, 0) is 0 Å². The quantitative estimate of drug-likeness (QED) is 0.580. The van der Waals surface area contributed by atoms with E-state index in [0.717, 1.165) is 12.5 Å². The maximum absolute atomic E-state index is 3.89. The predicted molar refractivity (Wildman–Crippen MR) is 80.8 cm³/mol. The second kappa shape index (κ2) is 10.8. The van der Waals surface area contributed by atoms with E-state index in [9.17, 15) is 0 Å². The number of rotatable bonds is 10. The molecule has 1 aliphatic heterocycles. The Morgan fingerprint density at radius 3 is 1.83 bits per heavy atom. The highest BCUT2D eigenvalue weighted by Crippen LogP contribution is 2.10. The van der Waals surface area contributed by atoms with Crippen LogP contribution in [0.2, 0.25) is 0 Å². The molecule has 1 saturated heterocycles. The zero-order chi connectivity index (χ0) is 13.1. The lowest BCUT2D eigenvalue weighted by molar-refractivity contribution is 0.312. The molecular weight excluding hydrogens is 220 g/mol. The molecule has 1 heterocycles. The lowest BCUT2D eigenvalue weighted by atomic mass is 10.0. The van der Waals surface area contributed by atoms with Gasteiger partial charge in [0.1, 0.15) is 0 Å². The van der Waals surface area contributed by atoms with E-state index in [-0.39, 0.29) is 0 Å². The highest BCUT2D eigenvalue weighted by Gasteiger charge is 2.18. The Labute approximate surface area is 114 Å². The molecule has 1 aliphatic rings. The maximum atomic E-state index is 3.89. The van der Waals surface area contributed by atoms with Gasteiger partial charge in [-0.15, -0.1) is 0 Å². The van der Waals surface area contributed by atoms with Crippen LogP contribution in [0, 0.1) is 6.92 Å². The number of unbranched alkanes of at least 4 members (excludes halogenated alkanes) is 6. The first kappa shape index (κ1) is 16.0. The molecule has 18 heavy (non-hydrogen) atoms. The largest absolute Gasteiger partial charge is 0.311 e. The van der Waals surface area contributed by atoms with E-state index in [1.165, 1.54) is 70.9 Å². The summed E-state index contributed by atoms with van der Waals surface area (Å²) in [6, 6.07) is 1.43. The van der Waals surface area contributed by atoms with Crippen molar-refractivity contribution in [2.75, 3.05) is 13.1 Å². The average molecular weight is 253 g/mol. The fraction of sp³-hybridized carbons (Fsp3) is 0.938. The van der Waals surface area contributed by atoms with Crippen molar-refractivity contribution in [3.63, 3.8) is 0 Å². The Bertz CT molecular complexity index is 154. The van der Waals surface area contributed by atoms with E-state index >= 15 is 0 Å². The molecule has 0 bridgehead atoms. The summed E-state index contributed by atoms with van der Waals surface area (Å²) in [6.45, 7) is 8.51. The molecule has 107 valence electrons. The van der Waals surface area contributed by atoms with Gasteiger partial charge in [-0.3, -0.25) is 0 Å². The van der Waals surface area contributed by atoms with Crippen LogP contribution in [0.5, 0.6) is 0 Å². The molecule has 1 radical (unpaired) electrons. The minimum absolute atomic E-state index is 0.710. The summed E-state index contributed by atoms with van der Waals surface area (Å²) in [4.78, 5) is 0. The molecule has 1 fully saturated rings. The molecule has 0 spiro atoms. The van der Waals surface area contributed by atoms with E-state index in [1.807, 2.05) is 0 Å². The summed E-state index contributed by atoms with van der Waals surface area (Å²) < 4.78 is 0. The number of hydrogen-bond acceptors (Lipinski definition) is 2. The van der Waals surface area contributed by atoms with Gasteiger partial charge in [-0.1, -0.05) is 65.2 Å². The number of hydrogen-bond donors (Lipinski definition) is 2. The van der Waals surface area contributed by atoms with Crippen molar-refractivity contribution in [3.8, 4) is 0 Å². The second-order valence-electron chi connectivity index (χ2n) is 5.76. The summed E-state index contributed by atoms with van der Waals surface area (Å²) in [7, 11) is 0. The number of nitrogens with one attached hydrogen (secondary N) is 2. The zero-order valence-corrected chi connectivity index (χ0v) is 12.3. The van der Waals surface area contributed by atoms with E-state index in [1.54, 1.807) is 0 Å². The van der Waals surface area contributed by atoms with E-state index in [0.29, 0.717) is 6.04 Å². The van der Waals surface area contributed by atoms with Crippen molar-refractivity contribution in [2.24, 2.45) is 0 Å². The van der Waals surface area contributed by atoms with E-state index in [2.05, 4.69) is 24.5 Å². The summed E-state index contributed by atoms with van der Waals surface area (Å²) >= 11 is 0. The zero-order valence-electron chi connectivity index (χ0n) is 12.3. The van der Waals surface area contributed by atoms with Crippen LogP contribution in [0.1, 0.15) is 71.1 Å². The molecule has 0 aliphatic carbocycles. The molecule has 0 aromatic carbocycles. The lowest BCUT2D eigenvalue weighted by Crippen LogP contribution is -2.54. The van der Waals surface area contributed by atoms with Gasteiger partial charge in [0, 0.05) is 25.2 Å². The van der Waals surface area contributed by atoms with Crippen molar-refractivity contribution in [2.45, 2.75) is 83.2 Å². The highest BCUT2D eigenvalue weighted by molar-refractivity contribution is 4.82. The topological polar surface area (TPSA) is 24.1 Å². The standard InChI is InChI=1S/C16H33N2/c1-3-5-7-9-11-15-13-18-16(14-17-15)12-10-8-6-4-2/h15-18H,1,3-14H2,2H3. The van der Waals surface area contributed by atoms with Crippen LogP contribution in [-0.4, -0.2) is 25.2 Å². The van der Waals surface area contributed by atoms with Gasteiger partial charge in [0.05, 0.1) is 0 Å². The van der Waals surface area contributed by atoms with Crippen LogP contribution < -0.4 is 10.6 Å². The summed E-state index contributed by atoms with van der Waals surface area (Å²) in [5.74, 6) is 0. The molecule has 2 unspecified atom stereocenters. The molecule has 2 N–H and O–H groups in total. The molecule has 0 saturated carbocycles. The normalized spacial score (nSPS) is 24.3. The molecule has 2 nitrogen and oxygen atoms in total. The van der Waals surface area contributed by atoms with Crippen LogP contribution in [0.25, 0.3) is 0 Å². The van der Waals surface area contributed by atoms with Gasteiger partial charge >= 0.3 is 0 Å². The molecule has 0 amide bonds. The third-order valence-electron chi connectivity index (χ3n) is 4.01. The Kier molecular flexibility index (Phi) is 9.59. The Balaban J connectivity index is 1.95. The number of piperazine rings is 1. The van der Waals surface area contributed by atoms with E-state index in [4.69, 9.17) is 0 Å². The third-order valence-corrected chi connectivity index (χ3v) is 4.01. The SMILES string of the molecule is [CH2]CCCCCC1CNC(CCCCCC)CN1. The van der Waals surface area contributed by atoms with Gasteiger partial charge in [-0.25, -0.2) is 0 Å². The van der Waals surface area contributed by atoms with Crippen molar-refractivity contribution in [1.82, 2.24) is 10.6 Å². The van der Waals surface area contributed by atoms with Crippen molar-refractivity contribution < 1.29 is 0 Å². The van der Waals surface area contributed by atoms with Gasteiger partial charge in [0.25, 0.3) is 0 Å². The second-order valence-corrected chi connectivity index (χ2v) is 5.76. The minimum atomic E-state index is 0.710. The van der Waals surface area contributed by atoms with Crippen molar-refractivity contribution in [3.05, 3.63) is 6.92 Å². The van der Waals surface area contributed by atoms with Gasteiger partial charge in [0.2, 0.25) is 0 Å². The van der Waals surface area contributed by atoms with Gasteiger partial charge < -0.3 is 10.6 Å². The molecular formula is C16H33N2. The summed E-state index contributed by atoms with van der Waals surface area (Å²) in [5, 5.41) is 7.42. The van der Waals surface area contributed by atoms with Gasteiger partial charge in [-0.05, 0) is 12.8 Å². The van der Waals surface area contributed by atoms with Gasteiger partial charge in [0.15, 0.2) is 0 Å². The van der Waals surface area contributed by atoms with Gasteiger partial charge in [-0.2, -0.15) is 0 Å². The fourth-order valence-electron chi connectivity index (χ4n) is 2.73. The van der Waals surface area contributed by atoms with Crippen LogP contribution in [0.15, 0.2) is 0 Å². The van der Waals surface area contributed by atoms with Crippen LogP contribution in [0.3, 0.4) is 0 Å². The Morgan fingerprint density at radius 1 is 0.833 bits per heavy atom. The van der Waals surface area contributed by atoms with Crippen LogP contribution >= 0.6 is 0 Å². The smallest absolute Gasteiger partial charge is 0.0193 e. The first-order valence-electron chi connectivity index (χ1n) is 8.12. The average Bonchev–Trinajstić information content (AvgIpc) is 2.41. The molecule has 1 rings (SSSR count). The first-order chi connectivity index (χ1) is 8.86.